The fourth-order valence-electron chi connectivity index (χ4n) is 2.70. The van der Waals surface area contributed by atoms with E-state index in [9.17, 15) is 0 Å². The van der Waals surface area contributed by atoms with Gasteiger partial charge in [0.05, 0.1) is 12.8 Å². The summed E-state index contributed by atoms with van der Waals surface area (Å²) < 4.78 is 6.84. The van der Waals surface area contributed by atoms with Crippen molar-refractivity contribution in [3.05, 3.63) is 58.3 Å². The van der Waals surface area contributed by atoms with Crippen LogP contribution in [-0.2, 0) is 6.42 Å². The lowest BCUT2D eigenvalue weighted by atomic mass is 9.83. The van der Waals surface area contributed by atoms with E-state index in [-0.39, 0.29) is 0 Å². The highest BCUT2D eigenvalue weighted by atomic mass is 79.9. The number of pyridine rings is 1. The number of hydrogen-bond acceptors (Lipinski definition) is 2. The van der Waals surface area contributed by atoms with Crippen LogP contribution in [0.3, 0.4) is 0 Å². The topological polar surface area (TPSA) is 22.1 Å². The first-order chi connectivity index (χ1) is 9.33. The lowest BCUT2D eigenvalue weighted by Crippen LogP contribution is -2.16. The van der Waals surface area contributed by atoms with Crippen molar-refractivity contribution in [2.45, 2.75) is 25.2 Å². The Morgan fingerprint density at radius 1 is 1.26 bits per heavy atom. The first-order valence-electron chi connectivity index (χ1n) is 6.64. The number of fused-ring (bicyclic) bond motifs is 1. The fourth-order valence-corrected chi connectivity index (χ4v) is 3.04. The molecule has 0 N–H and O–H groups in total. The monoisotopic (exact) mass is 317 g/mol. The maximum Gasteiger partial charge on any atom is 0.138 e. The molecule has 1 heterocycles. The van der Waals surface area contributed by atoms with Crippen LogP contribution in [-0.4, -0.2) is 11.6 Å². The van der Waals surface area contributed by atoms with Gasteiger partial charge in [0, 0.05) is 16.6 Å². The zero-order chi connectivity index (χ0) is 13.1. The molecule has 0 fully saturated rings. The van der Waals surface area contributed by atoms with Crippen molar-refractivity contribution in [1.82, 2.24) is 4.98 Å². The number of rotatable bonds is 3. The Bertz CT molecular complexity index is 570. The van der Waals surface area contributed by atoms with Gasteiger partial charge in [0.2, 0.25) is 0 Å². The van der Waals surface area contributed by atoms with Crippen LogP contribution in [0, 0.1) is 0 Å². The van der Waals surface area contributed by atoms with Crippen molar-refractivity contribution in [2.75, 3.05) is 6.61 Å². The molecule has 3 heteroatoms. The Hall–Kier alpha value is -1.35. The molecular formula is C16H16BrNO. The molecule has 1 aliphatic rings. The molecule has 3 rings (SSSR count). The molecule has 0 amide bonds. The van der Waals surface area contributed by atoms with E-state index in [1.165, 1.54) is 30.4 Å². The summed E-state index contributed by atoms with van der Waals surface area (Å²) in [6.45, 7) is 0.731. The van der Waals surface area contributed by atoms with Gasteiger partial charge < -0.3 is 4.74 Å². The van der Waals surface area contributed by atoms with Crippen molar-refractivity contribution in [1.29, 1.82) is 0 Å². The van der Waals surface area contributed by atoms with Gasteiger partial charge in [0.1, 0.15) is 5.75 Å². The van der Waals surface area contributed by atoms with Gasteiger partial charge in [0.15, 0.2) is 0 Å². The molecule has 98 valence electrons. The molecule has 1 atom stereocenters. The van der Waals surface area contributed by atoms with Crippen LogP contribution in [0.1, 0.15) is 29.9 Å². The van der Waals surface area contributed by atoms with Crippen LogP contribution in [0.5, 0.6) is 5.75 Å². The third-order valence-corrected chi connectivity index (χ3v) is 4.06. The predicted octanol–water partition coefficient (Wildman–Crippen LogP) is 4.34. The normalized spacial score (nSPS) is 17.8. The molecule has 19 heavy (non-hydrogen) atoms. The number of ether oxygens (including phenoxy) is 1. The first kappa shape index (κ1) is 12.7. The number of hydrogen-bond donors (Lipinski definition) is 0. The SMILES string of the molecule is Brc1cncc(OCC2CCCc3ccccc32)c1. The van der Waals surface area contributed by atoms with Crippen LogP contribution in [0.25, 0.3) is 0 Å². The van der Waals surface area contributed by atoms with E-state index in [2.05, 4.69) is 45.2 Å². The lowest BCUT2D eigenvalue weighted by molar-refractivity contribution is 0.273. The van der Waals surface area contributed by atoms with Gasteiger partial charge in [-0.15, -0.1) is 0 Å². The summed E-state index contributed by atoms with van der Waals surface area (Å²) >= 11 is 3.41. The second kappa shape index (κ2) is 5.74. The van der Waals surface area contributed by atoms with E-state index in [4.69, 9.17) is 4.74 Å². The number of nitrogens with zero attached hydrogens (tertiary/aromatic N) is 1. The minimum atomic E-state index is 0.504. The van der Waals surface area contributed by atoms with Gasteiger partial charge in [-0.25, -0.2) is 0 Å². The van der Waals surface area contributed by atoms with E-state index in [0.29, 0.717) is 5.92 Å². The van der Waals surface area contributed by atoms with Gasteiger partial charge in [-0.05, 0) is 52.4 Å². The second-order valence-corrected chi connectivity index (χ2v) is 5.85. The smallest absolute Gasteiger partial charge is 0.138 e. The van der Waals surface area contributed by atoms with Crippen molar-refractivity contribution in [3.63, 3.8) is 0 Å². The van der Waals surface area contributed by atoms with Crippen molar-refractivity contribution >= 4 is 15.9 Å². The summed E-state index contributed by atoms with van der Waals surface area (Å²) in [5, 5.41) is 0. The average Bonchev–Trinajstić information content (AvgIpc) is 2.45. The second-order valence-electron chi connectivity index (χ2n) is 4.94. The Labute approximate surface area is 122 Å². The lowest BCUT2D eigenvalue weighted by Gasteiger charge is -2.25. The van der Waals surface area contributed by atoms with E-state index >= 15 is 0 Å². The average molecular weight is 318 g/mol. The molecule has 1 unspecified atom stereocenters. The van der Waals surface area contributed by atoms with Crippen LogP contribution in [0.2, 0.25) is 0 Å². The summed E-state index contributed by atoms with van der Waals surface area (Å²) in [5.74, 6) is 1.33. The number of aryl methyl sites for hydroxylation is 1. The molecule has 0 aliphatic heterocycles. The molecule has 0 radical (unpaired) electrons. The molecule has 2 aromatic rings. The quantitative estimate of drug-likeness (QED) is 0.840. The molecule has 2 nitrogen and oxygen atoms in total. The van der Waals surface area contributed by atoms with E-state index in [0.717, 1.165) is 16.8 Å². The molecule has 0 bridgehead atoms. The van der Waals surface area contributed by atoms with Gasteiger partial charge >= 0.3 is 0 Å². The highest BCUT2D eigenvalue weighted by Crippen LogP contribution is 2.32. The largest absolute Gasteiger partial charge is 0.491 e. The fraction of sp³-hybridized carbons (Fsp3) is 0.312. The number of halogens is 1. The molecular weight excluding hydrogens is 302 g/mol. The van der Waals surface area contributed by atoms with Crippen LogP contribution < -0.4 is 4.74 Å². The zero-order valence-corrected chi connectivity index (χ0v) is 12.3. The van der Waals surface area contributed by atoms with Gasteiger partial charge in [-0.2, -0.15) is 0 Å². The maximum atomic E-state index is 5.89. The van der Waals surface area contributed by atoms with Crippen LogP contribution >= 0.6 is 15.9 Å². The minimum absolute atomic E-state index is 0.504. The number of aromatic nitrogens is 1. The molecule has 1 aliphatic carbocycles. The Morgan fingerprint density at radius 2 is 2.16 bits per heavy atom. The van der Waals surface area contributed by atoms with Gasteiger partial charge in [0.25, 0.3) is 0 Å². The van der Waals surface area contributed by atoms with Gasteiger partial charge in [-0.1, -0.05) is 24.3 Å². The summed E-state index contributed by atoms with van der Waals surface area (Å²) in [7, 11) is 0. The van der Waals surface area contributed by atoms with Crippen LogP contribution in [0.15, 0.2) is 47.2 Å². The number of benzene rings is 1. The standard InChI is InChI=1S/C16H16BrNO/c17-14-8-15(10-18-9-14)19-11-13-6-3-5-12-4-1-2-7-16(12)13/h1-2,4,7-10,13H,3,5-6,11H2. The molecule has 0 spiro atoms. The van der Waals surface area contributed by atoms with E-state index in [1.54, 1.807) is 12.4 Å². The molecule has 0 saturated heterocycles. The molecule has 0 saturated carbocycles. The zero-order valence-electron chi connectivity index (χ0n) is 10.7. The maximum absolute atomic E-state index is 5.89. The third-order valence-electron chi connectivity index (χ3n) is 3.62. The van der Waals surface area contributed by atoms with Crippen molar-refractivity contribution < 1.29 is 4.74 Å². The summed E-state index contributed by atoms with van der Waals surface area (Å²) in [5.41, 5.74) is 2.94. The summed E-state index contributed by atoms with van der Waals surface area (Å²) in [6.07, 6.45) is 7.19. The van der Waals surface area contributed by atoms with E-state index in [1.807, 2.05) is 6.07 Å². The Morgan fingerprint density at radius 3 is 3.05 bits per heavy atom. The van der Waals surface area contributed by atoms with Crippen molar-refractivity contribution in [2.24, 2.45) is 0 Å². The molecule has 1 aromatic carbocycles. The van der Waals surface area contributed by atoms with Crippen molar-refractivity contribution in [3.8, 4) is 5.75 Å². The van der Waals surface area contributed by atoms with E-state index < -0.39 is 0 Å². The Kier molecular flexibility index (Phi) is 3.83. The predicted molar refractivity (Wildman–Crippen MR) is 79.6 cm³/mol. The molecule has 1 aromatic heterocycles. The summed E-state index contributed by atoms with van der Waals surface area (Å²) in [4.78, 5) is 4.12. The van der Waals surface area contributed by atoms with Crippen LogP contribution in [0.4, 0.5) is 0 Å². The Balaban J connectivity index is 1.71. The third kappa shape index (κ3) is 2.98. The minimum Gasteiger partial charge on any atom is -0.491 e. The highest BCUT2D eigenvalue weighted by Gasteiger charge is 2.20. The highest BCUT2D eigenvalue weighted by molar-refractivity contribution is 9.10. The summed E-state index contributed by atoms with van der Waals surface area (Å²) in [6, 6.07) is 10.7. The van der Waals surface area contributed by atoms with Gasteiger partial charge in [-0.3, -0.25) is 4.98 Å². The first-order valence-corrected chi connectivity index (χ1v) is 7.43.